The van der Waals surface area contributed by atoms with Crippen LogP contribution in [0.25, 0.3) is 0 Å². The predicted molar refractivity (Wildman–Crippen MR) is 99.9 cm³/mol. The van der Waals surface area contributed by atoms with E-state index in [1.165, 1.54) is 6.42 Å². The van der Waals surface area contributed by atoms with E-state index < -0.39 is 0 Å². The SMILES string of the molecule is CC(C1CCCCN1C(=O)Cc1ccc(Cl)c(Cl)c1)N(C)C.Cl. The summed E-state index contributed by atoms with van der Waals surface area (Å²) in [5, 5.41) is 1.03. The van der Waals surface area contributed by atoms with Crippen LogP contribution in [0.5, 0.6) is 0 Å². The Bertz CT molecular complexity index is 537. The van der Waals surface area contributed by atoms with Gasteiger partial charge in [-0.05, 0) is 58.0 Å². The number of rotatable bonds is 4. The number of likely N-dealkylation sites (tertiary alicyclic amines) is 1. The number of hydrogen-bond acceptors (Lipinski definition) is 2. The van der Waals surface area contributed by atoms with Gasteiger partial charge in [0.05, 0.1) is 16.5 Å². The van der Waals surface area contributed by atoms with Gasteiger partial charge >= 0.3 is 0 Å². The monoisotopic (exact) mass is 378 g/mol. The minimum absolute atomic E-state index is 0. The molecule has 0 radical (unpaired) electrons. The second-order valence-corrected chi connectivity index (χ2v) is 7.09. The zero-order valence-electron chi connectivity index (χ0n) is 13.9. The molecule has 2 rings (SSSR count). The number of amides is 1. The first-order chi connectivity index (χ1) is 10.4. The van der Waals surface area contributed by atoms with Crippen LogP contribution in [-0.2, 0) is 11.2 Å². The number of hydrogen-bond donors (Lipinski definition) is 0. The fourth-order valence-corrected chi connectivity index (χ4v) is 3.36. The summed E-state index contributed by atoms with van der Waals surface area (Å²) in [7, 11) is 4.14. The van der Waals surface area contributed by atoms with Gasteiger partial charge in [-0.15, -0.1) is 12.4 Å². The third-order valence-corrected chi connectivity index (χ3v) is 5.32. The lowest BCUT2D eigenvalue weighted by atomic mass is 9.95. The topological polar surface area (TPSA) is 23.6 Å². The van der Waals surface area contributed by atoms with Gasteiger partial charge in [0, 0.05) is 18.6 Å². The first-order valence-electron chi connectivity index (χ1n) is 7.80. The van der Waals surface area contributed by atoms with E-state index in [1.807, 2.05) is 6.07 Å². The van der Waals surface area contributed by atoms with Crippen LogP contribution >= 0.6 is 35.6 Å². The molecule has 0 aromatic heterocycles. The van der Waals surface area contributed by atoms with Gasteiger partial charge in [0.25, 0.3) is 0 Å². The van der Waals surface area contributed by atoms with Crippen LogP contribution in [0.2, 0.25) is 10.0 Å². The predicted octanol–water partition coefficient (Wildman–Crippen LogP) is 4.29. The van der Waals surface area contributed by atoms with Crippen molar-refractivity contribution in [2.24, 2.45) is 0 Å². The van der Waals surface area contributed by atoms with Gasteiger partial charge in [0.15, 0.2) is 0 Å². The van der Waals surface area contributed by atoms with Crippen LogP contribution in [0, 0.1) is 0 Å². The fraction of sp³-hybridized carbons (Fsp3) is 0.588. The highest BCUT2D eigenvalue weighted by Gasteiger charge is 2.31. The summed E-state index contributed by atoms with van der Waals surface area (Å²) in [6, 6.07) is 6.07. The number of carbonyl (C=O) groups is 1. The van der Waals surface area contributed by atoms with Gasteiger partial charge in [-0.3, -0.25) is 4.79 Å². The van der Waals surface area contributed by atoms with E-state index in [2.05, 4.69) is 30.8 Å². The van der Waals surface area contributed by atoms with Crippen molar-refractivity contribution in [1.29, 1.82) is 0 Å². The Balaban J connectivity index is 0.00000264. The molecule has 0 aliphatic carbocycles. The van der Waals surface area contributed by atoms with Crippen molar-refractivity contribution in [3.8, 4) is 0 Å². The molecule has 1 aromatic carbocycles. The van der Waals surface area contributed by atoms with Crippen molar-refractivity contribution in [2.75, 3.05) is 20.6 Å². The number of piperidine rings is 1. The molecule has 130 valence electrons. The zero-order valence-corrected chi connectivity index (χ0v) is 16.2. The first kappa shape index (κ1) is 20.6. The van der Waals surface area contributed by atoms with E-state index in [0.717, 1.165) is 24.9 Å². The second-order valence-electron chi connectivity index (χ2n) is 6.28. The number of halogens is 3. The van der Waals surface area contributed by atoms with Gasteiger partial charge in [0.2, 0.25) is 5.91 Å². The Morgan fingerprint density at radius 1 is 1.30 bits per heavy atom. The summed E-state index contributed by atoms with van der Waals surface area (Å²) in [6.07, 6.45) is 3.74. The summed E-state index contributed by atoms with van der Waals surface area (Å²) < 4.78 is 0. The normalized spacial score (nSPS) is 19.4. The molecular weight excluding hydrogens is 355 g/mol. The minimum atomic E-state index is 0. The molecule has 1 amide bonds. The average Bonchev–Trinajstić information content (AvgIpc) is 2.50. The van der Waals surface area contributed by atoms with E-state index in [4.69, 9.17) is 23.2 Å². The highest BCUT2D eigenvalue weighted by Crippen LogP contribution is 2.25. The van der Waals surface area contributed by atoms with Crippen molar-refractivity contribution >= 4 is 41.5 Å². The molecule has 23 heavy (non-hydrogen) atoms. The van der Waals surface area contributed by atoms with E-state index in [-0.39, 0.29) is 18.3 Å². The van der Waals surface area contributed by atoms with Crippen LogP contribution in [0.15, 0.2) is 18.2 Å². The van der Waals surface area contributed by atoms with Crippen molar-refractivity contribution < 1.29 is 4.79 Å². The summed E-state index contributed by atoms with van der Waals surface area (Å²) in [4.78, 5) is 17.0. The largest absolute Gasteiger partial charge is 0.338 e. The Kier molecular flexibility index (Phi) is 8.15. The summed E-state index contributed by atoms with van der Waals surface area (Å²) >= 11 is 12.0. The Labute approximate surface area is 155 Å². The summed E-state index contributed by atoms with van der Waals surface area (Å²) in [5.41, 5.74) is 0.918. The molecule has 1 heterocycles. The molecule has 3 nitrogen and oxygen atoms in total. The van der Waals surface area contributed by atoms with Gasteiger partial charge < -0.3 is 9.80 Å². The molecule has 1 fully saturated rings. The fourth-order valence-electron chi connectivity index (χ4n) is 3.04. The molecule has 1 aliphatic heterocycles. The number of carbonyl (C=O) groups excluding carboxylic acids is 1. The maximum Gasteiger partial charge on any atom is 0.227 e. The molecule has 2 atom stereocenters. The van der Waals surface area contributed by atoms with E-state index in [9.17, 15) is 4.79 Å². The molecule has 1 saturated heterocycles. The van der Waals surface area contributed by atoms with Crippen molar-refractivity contribution in [3.05, 3.63) is 33.8 Å². The molecular formula is C17H25Cl3N2O. The van der Waals surface area contributed by atoms with E-state index in [1.54, 1.807) is 12.1 Å². The molecule has 0 spiro atoms. The number of nitrogens with zero attached hydrogens (tertiary/aromatic N) is 2. The van der Waals surface area contributed by atoms with E-state index in [0.29, 0.717) is 28.5 Å². The third kappa shape index (κ3) is 5.25. The second kappa shape index (κ2) is 9.12. The van der Waals surface area contributed by atoms with Crippen LogP contribution in [-0.4, -0.2) is 48.4 Å². The average molecular weight is 380 g/mol. The van der Waals surface area contributed by atoms with E-state index >= 15 is 0 Å². The van der Waals surface area contributed by atoms with Gasteiger partial charge in [-0.1, -0.05) is 29.3 Å². The summed E-state index contributed by atoms with van der Waals surface area (Å²) in [5.74, 6) is 0.178. The van der Waals surface area contributed by atoms with Crippen LogP contribution in [0.4, 0.5) is 0 Å². The lowest BCUT2D eigenvalue weighted by molar-refractivity contribution is -0.135. The highest BCUT2D eigenvalue weighted by atomic mass is 35.5. The van der Waals surface area contributed by atoms with Crippen molar-refractivity contribution in [1.82, 2.24) is 9.80 Å². The van der Waals surface area contributed by atoms with Crippen molar-refractivity contribution in [3.63, 3.8) is 0 Å². The lowest BCUT2D eigenvalue weighted by Gasteiger charge is -2.41. The molecule has 0 saturated carbocycles. The lowest BCUT2D eigenvalue weighted by Crippen LogP contribution is -2.53. The quantitative estimate of drug-likeness (QED) is 0.779. The van der Waals surface area contributed by atoms with Gasteiger partial charge in [0.1, 0.15) is 0 Å². The van der Waals surface area contributed by atoms with Gasteiger partial charge in [-0.25, -0.2) is 0 Å². The molecule has 6 heteroatoms. The molecule has 0 bridgehead atoms. The molecule has 1 aliphatic rings. The molecule has 0 N–H and O–H groups in total. The third-order valence-electron chi connectivity index (χ3n) is 4.58. The maximum absolute atomic E-state index is 12.7. The van der Waals surface area contributed by atoms with Crippen LogP contribution in [0.1, 0.15) is 31.7 Å². The Morgan fingerprint density at radius 2 is 2.00 bits per heavy atom. The minimum Gasteiger partial charge on any atom is -0.338 e. The standard InChI is InChI=1S/C17H24Cl2N2O.ClH/c1-12(20(2)3)16-6-4-5-9-21(16)17(22)11-13-7-8-14(18)15(19)10-13;/h7-8,10,12,16H,4-6,9,11H2,1-3H3;1H. The first-order valence-corrected chi connectivity index (χ1v) is 8.55. The molecule has 2 unspecified atom stereocenters. The molecule has 1 aromatic rings. The van der Waals surface area contributed by atoms with Crippen LogP contribution in [0.3, 0.4) is 0 Å². The number of benzene rings is 1. The van der Waals surface area contributed by atoms with Crippen molar-refractivity contribution in [2.45, 2.75) is 44.7 Å². The number of likely N-dealkylation sites (N-methyl/N-ethyl adjacent to an activating group) is 1. The Morgan fingerprint density at radius 3 is 2.61 bits per heavy atom. The highest BCUT2D eigenvalue weighted by molar-refractivity contribution is 6.42. The van der Waals surface area contributed by atoms with Gasteiger partial charge in [-0.2, -0.15) is 0 Å². The smallest absolute Gasteiger partial charge is 0.227 e. The Hall–Kier alpha value is -0.480. The maximum atomic E-state index is 12.7. The van der Waals surface area contributed by atoms with Crippen LogP contribution < -0.4 is 0 Å². The summed E-state index contributed by atoms with van der Waals surface area (Å²) in [6.45, 7) is 3.04. The zero-order chi connectivity index (χ0) is 16.3.